The lowest BCUT2D eigenvalue weighted by Crippen LogP contribution is -2.35. The van der Waals surface area contributed by atoms with Gasteiger partial charge in [0.25, 0.3) is 0 Å². The molecule has 16 heavy (non-hydrogen) atoms. The molecule has 1 aromatic heterocycles. The molecular weight excluding hydrogens is 204 g/mol. The van der Waals surface area contributed by atoms with Crippen LogP contribution < -0.4 is 4.90 Å². The monoisotopic (exact) mass is 220 g/mol. The molecule has 1 unspecified atom stereocenters. The predicted octanol–water partition coefficient (Wildman–Crippen LogP) is 2.02. The number of carboxylic acid groups (broad SMARTS) is 1. The summed E-state index contributed by atoms with van der Waals surface area (Å²) in [4.78, 5) is 17.2. The number of hydrogen-bond acceptors (Lipinski definition) is 3. The summed E-state index contributed by atoms with van der Waals surface area (Å²) < 4.78 is 0. The van der Waals surface area contributed by atoms with Crippen molar-refractivity contribution in [1.29, 1.82) is 0 Å². The third-order valence-electron chi connectivity index (χ3n) is 3.03. The Morgan fingerprint density at radius 3 is 3.12 bits per heavy atom. The number of piperidine rings is 1. The van der Waals surface area contributed by atoms with E-state index in [1.54, 1.807) is 12.3 Å². The summed E-state index contributed by atoms with van der Waals surface area (Å²) >= 11 is 0. The van der Waals surface area contributed by atoms with Gasteiger partial charge in [-0.1, -0.05) is 6.92 Å². The molecule has 2 heterocycles. The third kappa shape index (κ3) is 2.15. The molecule has 0 bridgehead atoms. The van der Waals surface area contributed by atoms with Gasteiger partial charge in [0.2, 0.25) is 0 Å². The third-order valence-corrected chi connectivity index (χ3v) is 3.03. The molecule has 1 aliphatic rings. The number of aromatic nitrogens is 1. The number of aromatic carboxylic acids is 1. The molecule has 1 fully saturated rings. The Morgan fingerprint density at radius 1 is 1.62 bits per heavy atom. The quantitative estimate of drug-likeness (QED) is 0.828. The van der Waals surface area contributed by atoms with E-state index in [-0.39, 0.29) is 0 Å². The number of rotatable bonds is 2. The van der Waals surface area contributed by atoms with Gasteiger partial charge in [-0.25, -0.2) is 4.79 Å². The zero-order valence-electron chi connectivity index (χ0n) is 9.39. The summed E-state index contributed by atoms with van der Waals surface area (Å²) in [5.74, 6) is -0.258. The van der Waals surface area contributed by atoms with Gasteiger partial charge < -0.3 is 10.0 Å². The van der Waals surface area contributed by atoms with E-state index in [2.05, 4.69) is 16.8 Å². The SMILES string of the molecule is CC1CCCN(c2cnccc2C(=O)O)C1. The van der Waals surface area contributed by atoms with Crippen molar-refractivity contribution in [3.63, 3.8) is 0 Å². The number of hydrogen-bond donors (Lipinski definition) is 1. The van der Waals surface area contributed by atoms with Crippen LogP contribution in [0, 0.1) is 5.92 Å². The number of carboxylic acids is 1. The maximum atomic E-state index is 11.1. The topological polar surface area (TPSA) is 53.4 Å². The normalized spacial score (nSPS) is 20.8. The van der Waals surface area contributed by atoms with Gasteiger partial charge in [-0.05, 0) is 24.8 Å². The summed E-state index contributed by atoms with van der Waals surface area (Å²) in [7, 11) is 0. The fourth-order valence-electron chi connectivity index (χ4n) is 2.23. The molecule has 1 N–H and O–H groups in total. The Hall–Kier alpha value is -1.58. The highest BCUT2D eigenvalue weighted by Crippen LogP contribution is 2.25. The van der Waals surface area contributed by atoms with E-state index >= 15 is 0 Å². The molecular formula is C12H16N2O2. The standard InChI is InChI=1S/C12H16N2O2/c1-9-3-2-6-14(8-9)11-7-13-5-4-10(11)12(15)16/h4-5,7,9H,2-3,6,8H2,1H3,(H,15,16). The number of anilines is 1. The molecule has 1 aliphatic heterocycles. The van der Waals surface area contributed by atoms with E-state index in [0.29, 0.717) is 11.5 Å². The average molecular weight is 220 g/mol. The second kappa shape index (κ2) is 4.51. The predicted molar refractivity (Wildman–Crippen MR) is 61.8 cm³/mol. The second-order valence-electron chi connectivity index (χ2n) is 4.39. The highest BCUT2D eigenvalue weighted by molar-refractivity contribution is 5.94. The second-order valence-corrected chi connectivity index (χ2v) is 4.39. The van der Waals surface area contributed by atoms with Crippen LogP contribution in [0.3, 0.4) is 0 Å². The van der Waals surface area contributed by atoms with Crippen molar-refractivity contribution < 1.29 is 9.90 Å². The maximum Gasteiger partial charge on any atom is 0.337 e. The molecule has 4 nitrogen and oxygen atoms in total. The van der Waals surface area contributed by atoms with E-state index in [1.165, 1.54) is 12.6 Å². The number of pyridine rings is 1. The molecule has 0 aromatic carbocycles. The van der Waals surface area contributed by atoms with Crippen LogP contribution in [0.15, 0.2) is 18.5 Å². The molecule has 0 spiro atoms. The Morgan fingerprint density at radius 2 is 2.44 bits per heavy atom. The summed E-state index contributed by atoms with van der Waals surface area (Å²) in [6.45, 7) is 4.05. The minimum Gasteiger partial charge on any atom is -0.478 e. The van der Waals surface area contributed by atoms with Crippen molar-refractivity contribution in [3.05, 3.63) is 24.0 Å². The van der Waals surface area contributed by atoms with E-state index in [9.17, 15) is 4.79 Å². The van der Waals surface area contributed by atoms with Crippen molar-refractivity contribution in [2.75, 3.05) is 18.0 Å². The van der Waals surface area contributed by atoms with Crippen molar-refractivity contribution in [3.8, 4) is 0 Å². The molecule has 1 atom stereocenters. The molecule has 0 saturated carbocycles. The fraction of sp³-hybridized carbons (Fsp3) is 0.500. The lowest BCUT2D eigenvalue weighted by molar-refractivity contribution is 0.0697. The van der Waals surface area contributed by atoms with Gasteiger partial charge in [-0.15, -0.1) is 0 Å². The van der Waals surface area contributed by atoms with Crippen molar-refractivity contribution in [2.45, 2.75) is 19.8 Å². The van der Waals surface area contributed by atoms with Gasteiger partial charge >= 0.3 is 5.97 Å². The highest BCUT2D eigenvalue weighted by atomic mass is 16.4. The average Bonchev–Trinajstić information content (AvgIpc) is 2.29. The highest BCUT2D eigenvalue weighted by Gasteiger charge is 2.21. The van der Waals surface area contributed by atoms with Crippen LogP contribution in [0.5, 0.6) is 0 Å². The maximum absolute atomic E-state index is 11.1. The molecule has 0 radical (unpaired) electrons. The van der Waals surface area contributed by atoms with Crippen molar-refractivity contribution in [1.82, 2.24) is 4.98 Å². The minimum absolute atomic E-state index is 0.351. The Balaban J connectivity index is 2.28. The van der Waals surface area contributed by atoms with Gasteiger partial charge in [0.15, 0.2) is 0 Å². The molecule has 2 rings (SSSR count). The fourth-order valence-corrected chi connectivity index (χ4v) is 2.23. The Labute approximate surface area is 94.9 Å². The zero-order chi connectivity index (χ0) is 11.5. The van der Waals surface area contributed by atoms with E-state index in [1.807, 2.05) is 0 Å². The van der Waals surface area contributed by atoms with Gasteiger partial charge in [-0.3, -0.25) is 4.98 Å². The van der Waals surface area contributed by atoms with E-state index in [0.717, 1.165) is 25.2 Å². The van der Waals surface area contributed by atoms with Crippen LogP contribution in [-0.4, -0.2) is 29.1 Å². The van der Waals surface area contributed by atoms with E-state index < -0.39 is 5.97 Å². The zero-order valence-corrected chi connectivity index (χ0v) is 9.39. The first-order chi connectivity index (χ1) is 7.68. The van der Waals surface area contributed by atoms with Crippen LogP contribution in [0.1, 0.15) is 30.1 Å². The summed E-state index contributed by atoms with van der Waals surface area (Å²) in [5, 5.41) is 9.11. The molecule has 1 aromatic rings. The van der Waals surface area contributed by atoms with Gasteiger partial charge in [0, 0.05) is 19.3 Å². The van der Waals surface area contributed by atoms with Crippen molar-refractivity contribution in [2.24, 2.45) is 5.92 Å². The lowest BCUT2D eigenvalue weighted by atomic mass is 9.99. The molecule has 86 valence electrons. The molecule has 0 amide bonds. The van der Waals surface area contributed by atoms with Gasteiger partial charge in [-0.2, -0.15) is 0 Å². The summed E-state index contributed by atoms with van der Waals surface area (Å²) in [6.07, 6.45) is 5.52. The van der Waals surface area contributed by atoms with Gasteiger partial charge in [0.05, 0.1) is 17.4 Å². The number of nitrogens with zero attached hydrogens (tertiary/aromatic N) is 2. The first-order valence-electron chi connectivity index (χ1n) is 5.60. The lowest BCUT2D eigenvalue weighted by Gasteiger charge is -2.33. The summed E-state index contributed by atoms with van der Waals surface area (Å²) in [6, 6.07) is 1.57. The smallest absolute Gasteiger partial charge is 0.337 e. The number of carbonyl (C=O) groups is 1. The Kier molecular flexibility index (Phi) is 3.08. The minimum atomic E-state index is -0.879. The first-order valence-corrected chi connectivity index (χ1v) is 5.60. The molecule has 0 aliphatic carbocycles. The summed E-state index contributed by atoms with van der Waals surface area (Å²) in [5.41, 5.74) is 1.10. The van der Waals surface area contributed by atoms with E-state index in [4.69, 9.17) is 5.11 Å². The Bertz CT molecular complexity index is 392. The molecule has 4 heteroatoms. The largest absolute Gasteiger partial charge is 0.478 e. The van der Waals surface area contributed by atoms with Crippen LogP contribution in [0.2, 0.25) is 0 Å². The van der Waals surface area contributed by atoms with Crippen molar-refractivity contribution >= 4 is 11.7 Å². The van der Waals surface area contributed by atoms with Crippen LogP contribution >= 0.6 is 0 Å². The van der Waals surface area contributed by atoms with Crippen LogP contribution in [-0.2, 0) is 0 Å². The van der Waals surface area contributed by atoms with Crippen LogP contribution in [0.25, 0.3) is 0 Å². The van der Waals surface area contributed by atoms with Gasteiger partial charge in [0.1, 0.15) is 0 Å². The van der Waals surface area contributed by atoms with Crippen LogP contribution in [0.4, 0.5) is 5.69 Å². The molecule has 1 saturated heterocycles. The first kappa shape index (κ1) is 10.9.